The van der Waals surface area contributed by atoms with E-state index < -0.39 is 0 Å². The van der Waals surface area contributed by atoms with Crippen molar-refractivity contribution in [2.45, 2.75) is 19.9 Å². The van der Waals surface area contributed by atoms with Gasteiger partial charge < -0.3 is 4.90 Å². The number of benzene rings is 1. The molecular weight excluding hydrogens is 406 g/mol. The molecule has 0 radical (unpaired) electrons. The van der Waals surface area contributed by atoms with Gasteiger partial charge in [-0.3, -0.25) is 14.6 Å². The molecule has 0 aliphatic carbocycles. The van der Waals surface area contributed by atoms with Crippen LogP contribution in [0.2, 0.25) is 0 Å². The fraction of sp³-hybridized carbons (Fsp3) is 0.550. The molecule has 6 nitrogen and oxygen atoms in total. The highest BCUT2D eigenvalue weighted by atomic mass is 79.9. The summed E-state index contributed by atoms with van der Waals surface area (Å²) in [6, 6.07) is 12.2. The van der Waals surface area contributed by atoms with Crippen LogP contribution in [0.3, 0.4) is 0 Å². The average Bonchev–Trinajstić information content (AvgIpc) is 2.69. The first-order chi connectivity index (χ1) is 13.0. The fourth-order valence-electron chi connectivity index (χ4n) is 3.26. The third-order valence-electron chi connectivity index (χ3n) is 4.89. The number of hydrogen-bond donors (Lipinski definition) is 0. The zero-order valence-corrected chi connectivity index (χ0v) is 17.5. The number of halogens is 1. The van der Waals surface area contributed by atoms with Gasteiger partial charge in [-0.1, -0.05) is 28.1 Å². The van der Waals surface area contributed by atoms with E-state index in [2.05, 4.69) is 37.9 Å². The lowest BCUT2D eigenvalue weighted by Crippen LogP contribution is -2.51. The highest BCUT2D eigenvalue weighted by molar-refractivity contribution is 9.10. The van der Waals surface area contributed by atoms with Crippen LogP contribution in [0, 0.1) is 28.6 Å². The predicted octanol–water partition coefficient (Wildman–Crippen LogP) is 2.64. The summed E-state index contributed by atoms with van der Waals surface area (Å²) in [5, 5.41) is 18.6. The zero-order valence-electron chi connectivity index (χ0n) is 15.9. The molecule has 2 unspecified atom stereocenters. The van der Waals surface area contributed by atoms with Crippen LogP contribution in [0.25, 0.3) is 0 Å². The Balaban J connectivity index is 1.89. The van der Waals surface area contributed by atoms with Gasteiger partial charge in [0.25, 0.3) is 0 Å². The maximum absolute atomic E-state index is 12.5. The summed E-state index contributed by atoms with van der Waals surface area (Å²) < 4.78 is 0.998. The number of amides is 1. The molecule has 0 aromatic heterocycles. The average molecular weight is 432 g/mol. The Morgan fingerprint density at radius 2 is 1.81 bits per heavy atom. The van der Waals surface area contributed by atoms with Crippen LogP contribution < -0.4 is 0 Å². The van der Waals surface area contributed by atoms with E-state index in [1.165, 1.54) is 0 Å². The van der Waals surface area contributed by atoms with Crippen LogP contribution in [-0.2, 0) is 4.79 Å². The molecule has 1 aromatic carbocycles. The van der Waals surface area contributed by atoms with Gasteiger partial charge >= 0.3 is 0 Å². The largest absolute Gasteiger partial charge is 0.341 e. The predicted molar refractivity (Wildman–Crippen MR) is 108 cm³/mol. The molecule has 27 heavy (non-hydrogen) atoms. The Labute approximate surface area is 170 Å². The van der Waals surface area contributed by atoms with Crippen molar-refractivity contribution >= 4 is 21.8 Å². The summed E-state index contributed by atoms with van der Waals surface area (Å²) >= 11 is 3.42. The molecule has 0 bridgehead atoms. The van der Waals surface area contributed by atoms with Gasteiger partial charge in [0.15, 0.2) is 0 Å². The molecular formula is C20H26BrN5O. The van der Waals surface area contributed by atoms with Gasteiger partial charge in [0.05, 0.1) is 24.6 Å². The SMILES string of the molecule is CCN(CC(C)C#N)C(=O)CN1CCN(C(C#N)c2ccc(Br)cc2)CC1. The quantitative estimate of drug-likeness (QED) is 0.663. The summed E-state index contributed by atoms with van der Waals surface area (Å²) in [4.78, 5) is 18.6. The summed E-state index contributed by atoms with van der Waals surface area (Å²) in [5.41, 5.74) is 0.993. The molecule has 7 heteroatoms. The second-order valence-corrected chi connectivity index (χ2v) is 7.77. The van der Waals surface area contributed by atoms with Crippen molar-refractivity contribution in [2.75, 3.05) is 45.8 Å². The van der Waals surface area contributed by atoms with Crippen molar-refractivity contribution in [1.82, 2.24) is 14.7 Å². The van der Waals surface area contributed by atoms with Gasteiger partial charge in [0, 0.05) is 43.7 Å². The van der Waals surface area contributed by atoms with E-state index in [4.69, 9.17) is 5.26 Å². The van der Waals surface area contributed by atoms with Gasteiger partial charge in [0.1, 0.15) is 6.04 Å². The highest BCUT2D eigenvalue weighted by Gasteiger charge is 2.26. The number of piperazine rings is 1. The topological polar surface area (TPSA) is 74.4 Å². The van der Waals surface area contributed by atoms with Crippen LogP contribution >= 0.6 is 15.9 Å². The normalized spacial score (nSPS) is 17.5. The van der Waals surface area contributed by atoms with Crippen molar-refractivity contribution in [1.29, 1.82) is 10.5 Å². The molecule has 0 saturated carbocycles. The molecule has 2 atom stereocenters. The maximum atomic E-state index is 12.5. The summed E-state index contributed by atoms with van der Waals surface area (Å²) in [7, 11) is 0. The number of hydrogen-bond acceptors (Lipinski definition) is 5. The molecule has 0 spiro atoms. The number of rotatable bonds is 7. The minimum absolute atomic E-state index is 0.0674. The monoisotopic (exact) mass is 431 g/mol. The molecule has 1 fully saturated rings. The molecule has 1 aromatic rings. The summed E-state index contributed by atoms with van der Waals surface area (Å²) in [6.07, 6.45) is 0. The van der Waals surface area contributed by atoms with Gasteiger partial charge in [-0.2, -0.15) is 10.5 Å². The Morgan fingerprint density at radius 3 is 2.33 bits per heavy atom. The lowest BCUT2D eigenvalue weighted by Gasteiger charge is -2.37. The van der Waals surface area contributed by atoms with E-state index in [0.717, 1.165) is 36.2 Å². The van der Waals surface area contributed by atoms with Gasteiger partial charge in [-0.15, -0.1) is 0 Å². The first kappa shape index (κ1) is 21.4. The maximum Gasteiger partial charge on any atom is 0.236 e. The molecule has 1 saturated heterocycles. The fourth-order valence-corrected chi connectivity index (χ4v) is 3.53. The van der Waals surface area contributed by atoms with Crippen molar-refractivity contribution in [3.63, 3.8) is 0 Å². The van der Waals surface area contributed by atoms with Gasteiger partial charge in [-0.05, 0) is 31.5 Å². The van der Waals surface area contributed by atoms with Crippen molar-refractivity contribution in [3.8, 4) is 12.1 Å². The molecule has 1 amide bonds. The van der Waals surface area contributed by atoms with E-state index >= 15 is 0 Å². The van der Waals surface area contributed by atoms with Crippen molar-refractivity contribution in [2.24, 2.45) is 5.92 Å². The minimum Gasteiger partial charge on any atom is -0.341 e. The third-order valence-corrected chi connectivity index (χ3v) is 5.42. The second kappa shape index (κ2) is 10.4. The standard InChI is InChI=1S/C20H26BrN5O/c1-3-25(14-16(2)12-22)20(27)15-24-8-10-26(11-9-24)19(13-23)17-4-6-18(21)7-5-17/h4-7,16,19H,3,8-11,14-15H2,1-2H3. The lowest BCUT2D eigenvalue weighted by molar-refractivity contribution is -0.133. The highest BCUT2D eigenvalue weighted by Crippen LogP contribution is 2.23. The zero-order chi connectivity index (χ0) is 19.8. The van der Waals surface area contributed by atoms with E-state index in [0.29, 0.717) is 19.6 Å². The summed E-state index contributed by atoms with van der Waals surface area (Å²) in [6.45, 7) is 8.25. The number of carbonyl (C=O) groups is 1. The molecule has 0 N–H and O–H groups in total. The number of likely N-dealkylation sites (N-methyl/N-ethyl adjacent to an activating group) is 1. The minimum atomic E-state index is -0.264. The third kappa shape index (κ3) is 6.04. The van der Waals surface area contributed by atoms with Crippen LogP contribution in [0.15, 0.2) is 28.7 Å². The molecule has 2 rings (SSSR count). The first-order valence-electron chi connectivity index (χ1n) is 9.27. The number of nitrogens with zero attached hydrogens (tertiary/aromatic N) is 5. The Kier molecular flexibility index (Phi) is 8.24. The van der Waals surface area contributed by atoms with E-state index in [1.54, 1.807) is 4.90 Å². The first-order valence-corrected chi connectivity index (χ1v) is 10.1. The molecule has 1 aliphatic rings. The Hall–Kier alpha value is -1.93. The van der Waals surface area contributed by atoms with Crippen LogP contribution in [0.4, 0.5) is 0 Å². The smallest absolute Gasteiger partial charge is 0.236 e. The molecule has 1 aliphatic heterocycles. The molecule has 1 heterocycles. The van der Waals surface area contributed by atoms with E-state index in [9.17, 15) is 10.1 Å². The van der Waals surface area contributed by atoms with Gasteiger partial charge in [-0.25, -0.2) is 0 Å². The van der Waals surface area contributed by atoms with Gasteiger partial charge in [0.2, 0.25) is 5.91 Å². The number of carbonyl (C=O) groups excluding carboxylic acids is 1. The number of nitriles is 2. The lowest BCUT2D eigenvalue weighted by atomic mass is 10.1. The Bertz CT molecular complexity index is 701. The second-order valence-electron chi connectivity index (χ2n) is 6.86. The van der Waals surface area contributed by atoms with Crippen molar-refractivity contribution < 1.29 is 4.79 Å². The van der Waals surface area contributed by atoms with Crippen LogP contribution in [0.1, 0.15) is 25.5 Å². The Morgan fingerprint density at radius 1 is 1.19 bits per heavy atom. The van der Waals surface area contributed by atoms with Crippen LogP contribution in [-0.4, -0.2) is 66.4 Å². The summed E-state index contributed by atoms with van der Waals surface area (Å²) in [5.74, 6) is -0.0918. The van der Waals surface area contributed by atoms with Crippen LogP contribution in [0.5, 0.6) is 0 Å². The molecule has 144 valence electrons. The van der Waals surface area contributed by atoms with E-state index in [-0.39, 0.29) is 17.9 Å². The van der Waals surface area contributed by atoms with Crippen molar-refractivity contribution in [3.05, 3.63) is 34.3 Å². The van der Waals surface area contributed by atoms with E-state index in [1.807, 2.05) is 38.1 Å².